The Labute approximate surface area is 123 Å². The minimum Gasteiger partial charge on any atom is -0.138 e. The van der Waals surface area contributed by atoms with E-state index in [4.69, 9.17) is 0 Å². The lowest BCUT2D eigenvalue weighted by atomic mass is 9.68. The first-order valence-electron chi connectivity index (χ1n) is 9.12. The molecule has 1 heteroatoms. The summed E-state index contributed by atoms with van der Waals surface area (Å²) >= 11 is 0. The number of hydrogen-bond donors (Lipinski definition) is 0. The van der Waals surface area contributed by atoms with Crippen molar-refractivity contribution in [2.24, 2.45) is 17.8 Å². The Bertz CT molecular complexity index is 196. The van der Waals surface area contributed by atoms with Gasteiger partial charge in [0, 0.05) is 0 Å². The van der Waals surface area contributed by atoms with E-state index < -0.39 is 0 Å². The first-order chi connectivity index (χ1) is 9.42. The van der Waals surface area contributed by atoms with Crippen LogP contribution in [0.3, 0.4) is 0 Å². The minimum atomic E-state index is 1.10. The van der Waals surface area contributed by atoms with Crippen molar-refractivity contribution in [2.75, 3.05) is 6.16 Å². The first kappa shape index (κ1) is 15.8. The topological polar surface area (TPSA) is 0 Å². The quantitative estimate of drug-likeness (QED) is 0.385. The fourth-order valence-corrected chi connectivity index (χ4v) is 4.97. The maximum Gasteiger partial charge on any atom is -0.0357 e. The molecule has 2 fully saturated rings. The smallest absolute Gasteiger partial charge is 0.0357 e. The second-order valence-electron chi connectivity index (χ2n) is 7.10. The molecule has 2 rings (SSSR count). The van der Waals surface area contributed by atoms with E-state index in [0.717, 1.165) is 17.8 Å². The van der Waals surface area contributed by atoms with Crippen molar-refractivity contribution in [1.29, 1.82) is 0 Å². The predicted molar refractivity (Wildman–Crippen MR) is 89.7 cm³/mol. The zero-order chi connectivity index (χ0) is 13.3. The van der Waals surface area contributed by atoms with Gasteiger partial charge in [-0.15, -0.1) is 9.24 Å². The molecule has 0 aromatic carbocycles. The molecule has 1 unspecified atom stereocenters. The van der Waals surface area contributed by atoms with Gasteiger partial charge in [-0.1, -0.05) is 77.0 Å². The third-order valence-electron chi connectivity index (χ3n) is 5.75. The molecule has 0 nitrogen and oxygen atoms in total. The zero-order valence-corrected chi connectivity index (χ0v) is 14.1. The largest absolute Gasteiger partial charge is 0.138 e. The summed E-state index contributed by atoms with van der Waals surface area (Å²) in [5.41, 5.74) is 0. The first-order valence-corrected chi connectivity index (χ1v) is 9.93. The van der Waals surface area contributed by atoms with Crippen molar-refractivity contribution < 1.29 is 0 Å². The summed E-state index contributed by atoms with van der Waals surface area (Å²) in [5, 5.41) is 0. The number of unbranched alkanes of at least 4 members (excludes halogenated alkanes) is 2. The molecule has 0 bridgehead atoms. The average Bonchev–Trinajstić information content (AvgIpc) is 2.49. The Hall–Kier alpha value is 0.430. The third-order valence-corrected chi connectivity index (χ3v) is 6.16. The van der Waals surface area contributed by atoms with Gasteiger partial charge < -0.3 is 0 Å². The molecule has 0 N–H and O–H groups in total. The van der Waals surface area contributed by atoms with E-state index in [1.165, 1.54) is 63.9 Å². The van der Waals surface area contributed by atoms with E-state index in [0.29, 0.717) is 0 Å². The molecule has 1 atom stereocenters. The molecular weight excluding hydrogens is 247 g/mol. The van der Waals surface area contributed by atoms with Gasteiger partial charge >= 0.3 is 0 Å². The molecule has 0 aromatic heterocycles. The average molecular weight is 282 g/mol. The van der Waals surface area contributed by atoms with Crippen LogP contribution in [-0.4, -0.2) is 6.16 Å². The lowest BCUT2D eigenvalue weighted by molar-refractivity contribution is 0.132. The van der Waals surface area contributed by atoms with Crippen LogP contribution in [0.25, 0.3) is 0 Å². The van der Waals surface area contributed by atoms with Crippen LogP contribution in [0.2, 0.25) is 0 Å². The molecule has 0 spiro atoms. The summed E-state index contributed by atoms with van der Waals surface area (Å²) in [6, 6.07) is 0. The van der Waals surface area contributed by atoms with Crippen molar-refractivity contribution in [1.82, 2.24) is 0 Å². The van der Waals surface area contributed by atoms with Crippen LogP contribution in [0.15, 0.2) is 0 Å². The van der Waals surface area contributed by atoms with Crippen LogP contribution >= 0.6 is 9.24 Å². The highest BCUT2D eigenvalue weighted by atomic mass is 31.0. The van der Waals surface area contributed by atoms with Crippen LogP contribution in [0, 0.1) is 17.8 Å². The van der Waals surface area contributed by atoms with E-state index in [1.54, 1.807) is 32.1 Å². The van der Waals surface area contributed by atoms with E-state index in [2.05, 4.69) is 9.24 Å². The highest BCUT2D eigenvalue weighted by Gasteiger charge is 2.30. The molecule has 19 heavy (non-hydrogen) atoms. The van der Waals surface area contributed by atoms with Crippen molar-refractivity contribution in [3.8, 4) is 0 Å². The fraction of sp³-hybridized carbons (Fsp3) is 1.00. The van der Waals surface area contributed by atoms with Gasteiger partial charge in [-0.3, -0.25) is 0 Å². The third kappa shape index (κ3) is 5.37. The lowest BCUT2D eigenvalue weighted by Gasteiger charge is -2.38. The Kier molecular flexibility index (Phi) is 7.81. The summed E-state index contributed by atoms with van der Waals surface area (Å²) < 4.78 is 0. The second kappa shape index (κ2) is 9.38. The Morgan fingerprint density at radius 3 is 1.68 bits per heavy atom. The summed E-state index contributed by atoms with van der Waals surface area (Å²) in [6.45, 7) is 0. The molecule has 0 heterocycles. The summed E-state index contributed by atoms with van der Waals surface area (Å²) in [4.78, 5) is 0. The van der Waals surface area contributed by atoms with Gasteiger partial charge in [0.05, 0.1) is 0 Å². The standard InChI is InChI=1S/C18H35P/c19-15-9-3-8-14-18(16-10-4-1-5-11-16)17-12-6-2-7-13-17/h16-18H,1-15,19H2. The van der Waals surface area contributed by atoms with Crippen LogP contribution in [0.5, 0.6) is 0 Å². The van der Waals surface area contributed by atoms with E-state index in [-0.39, 0.29) is 0 Å². The van der Waals surface area contributed by atoms with Crippen molar-refractivity contribution in [3.05, 3.63) is 0 Å². The van der Waals surface area contributed by atoms with Crippen LogP contribution < -0.4 is 0 Å². The Morgan fingerprint density at radius 1 is 0.684 bits per heavy atom. The maximum absolute atomic E-state index is 2.88. The molecule has 0 aromatic rings. The fourth-order valence-electron chi connectivity index (χ4n) is 4.68. The van der Waals surface area contributed by atoms with Gasteiger partial charge in [0.25, 0.3) is 0 Å². The minimum absolute atomic E-state index is 1.10. The molecule has 0 aliphatic heterocycles. The summed E-state index contributed by atoms with van der Waals surface area (Å²) in [6.07, 6.45) is 22.6. The SMILES string of the molecule is PCCCCCC(C1CCCCC1)C1CCCCC1. The molecular formula is C18H35P. The van der Waals surface area contributed by atoms with Gasteiger partial charge in [0.1, 0.15) is 0 Å². The van der Waals surface area contributed by atoms with Gasteiger partial charge in [-0.05, 0) is 36.8 Å². The van der Waals surface area contributed by atoms with Crippen LogP contribution in [-0.2, 0) is 0 Å². The highest BCUT2D eigenvalue weighted by Crippen LogP contribution is 2.42. The van der Waals surface area contributed by atoms with E-state index >= 15 is 0 Å². The van der Waals surface area contributed by atoms with Crippen LogP contribution in [0.1, 0.15) is 89.9 Å². The molecule has 2 aliphatic rings. The zero-order valence-electron chi connectivity index (χ0n) is 12.9. The number of hydrogen-bond acceptors (Lipinski definition) is 0. The van der Waals surface area contributed by atoms with E-state index in [1.807, 2.05) is 0 Å². The normalized spacial score (nSPS) is 23.1. The lowest BCUT2D eigenvalue weighted by Crippen LogP contribution is -2.27. The molecule has 0 saturated heterocycles. The van der Waals surface area contributed by atoms with Gasteiger partial charge in [0.15, 0.2) is 0 Å². The highest BCUT2D eigenvalue weighted by molar-refractivity contribution is 7.16. The monoisotopic (exact) mass is 282 g/mol. The van der Waals surface area contributed by atoms with Crippen molar-refractivity contribution in [3.63, 3.8) is 0 Å². The summed E-state index contributed by atoms with van der Waals surface area (Å²) in [5.74, 6) is 3.31. The molecule has 0 radical (unpaired) electrons. The van der Waals surface area contributed by atoms with Crippen LogP contribution in [0.4, 0.5) is 0 Å². The maximum atomic E-state index is 2.88. The Balaban J connectivity index is 1.83. The summed E-state index contributed by atoms with van der Waals surface area (Å²) in [7, 11) is 2.88. The van der Waals surface area contributed by atoms with Crippen molar-refractivity contribution >= 4 is 9.24 Å². The molecule has 2 aliphatic carbocycles. The number of rotatable bonds is 7. The molecule has 112 valence electrons. The predicted octanol–water partition coefficient (Wildman–Crippen LogP) is 6.20. The van der Waals surface area contributed by atoms with Gasteiger partial charge in [-0.2, -0.15) is 0 Å². The molecule has 2 saturated carbocycles. The van der Waals surface area contributed by atoms with Gasteiger partial charge in [-0.25, -0.2) is 0 Å². The Morgan fingerprint density at radius 2 is 1.21 bits per heavy atom. The second-order valence-corrected chi connectivity index (χ2v) is 7.68. The van der Waals surface area contributed by atoms with E-state index in [9.17, 15) is 0 Å². The van der Waals surface area contributed by atoms with Gasteiger partial charge in [0.2, 0.25) is 0 Å². The van der Waals surface area contributed by atoms with Crippen molar-refractivity contribution in [2.45, 2.75) is 89.9 Å². The molecule has 0 amide bonds.